The third-order valence-corrected chi connectivity index (χ3v) is 2.06. The maximum absolute atomic E-state index is 11.4. The predicted octanol–water partition coefficient (Wildman–Crippen LogP) is 0.749. The van der Waals surface area contributed by atoms with Gasteiger partial charge in [0.2, 0.25) is 0 Å². The first kappa shape index (κ1) is 10.2. The molecule has 4 heteroatoms. The van der Waals surface area contributed by atoms with Crippen LogP contribution in [0.3, 0.4) is 0 Å². The number of nitrogens with one attached hydrogen (secondary N) is 1. The van der Waals surface area contributed by atoms with Crippen molar-refractivity contribution < 1.29 is 9.59 Å². The van der Waals surface area contributed by atoms with Crippen molar-refractivity contribution >= 4 is 17.9 Å². The van der Waals surface area contributed by atoms with Crippen LogP contribution in [0.2, 0.25) is 0 Å². The van der Waals surface area contributed by atoms with Gasteiger partial charge in [-0.1, -0.05) is 6.07 Å². The molecule has 4 nitrogen and oxygen atoms in total. The molecule has 3 N–H and O–H groups in total. The molecule has 0 aliphatic rings. The molecule has 1 amide bonds. The topological polar surface area (TPSA) is 72.2 Å². The van der Waals surface area contributed by atoms with Gasteiger partial charge in [-0.05, 0) is 18.6 Å². The van der Waals surface area contributed by atoms with Crippen molar-refractivity contribution in [2.75, 3.05) is 12.8 Å². The molecule has 74 valence electrons. The Kier molecular flexibility index (Phi) is 2.86. The Morgan fingerprint density at radius 1 is 1.50 bits per heavy atom. The summed E-state index contributed by atoms with van der Waals surface area (Å²) in [6.45, 7) is 1.76. The Labute approximate surface area is 82.1 Å². The highest BCUT2D eigenvalue weighted by Crippen LogP contribution is 2.18. The monoisotopic (exact) mass is 192 g/mol. The quantitative estimate of drug-likeness (QED) is 0.536. The first-order valence-electron chi connectivity index (χ1n) is 4.18. The highest BCUT2D eigenvalue weighted by Gasteiger charge is 2.14. The van der Waals surface area contributed by atoms with Crippen LogP contribution in [0.4, 0.5) is 5.69 Å². The van der Waals surface area contributed by atoms with Gasteiger partial charge in [0.05, 0.1) is 11.1 Å². The van der Waals surface area contributed by atoms with Crippen molar-refractivity contribution in [3.63, 3.8) is 0 Å². The van der Waals surface area contributed by atoms with Crippen molar-refractivity contribution in [1.82, 2.24) is 5.32 Å². The van der Waals surface area contributed by atoms with Crippen LogP contribution >= 0.6 is 0 Å². The lowest BCUT2D eigenvalue weighted by Crippen LogP contribution is -2.21. The van der Waals surface area contributed by atoms with Gasteiger partial charge in [-0.2, -0.15) is 0 Å². The van der Waals surface area contributed by atoms with E-state index in [0.29, 0.717) is 17.5 Å². The zero-order chi connectivity index (χ0) is 10.7. The first-order valence-corrected chi connectivity index (χ1v) is 4.18. The van der Waals surface area contributed by atoms with Gasteiger partial charge in [-0.15, -0.1) is 0 Å². The molecule has 0 unspecified atom stereocenters. The minimum Gasteiger partial charge on any atom is -0.398 e. The molecule has 1 rings (SSSR count). The average Bonchev–Trinajstić information content (AvgIpc) is 2.19. The summed E-state index contributed by atoms with van der Waals surface area (Å²) < 4.78 is 0. The van der Waals surface area contributed by atoms with Crippen LogP contribution in [-0.2, 0) is 0 Å². The molecule has 14 heavy (non-hydrogen) atoms. The highest BCUT2D eigenvalue weighted by atomic mass is 16.1. The van der Waals surface area contributed by atoms with E-state index in [1.165, 1.54) is 7.05 Å². The number of hydrogen-bond acceptors (Lipinski definition) is 3. The van der Waals surface area contributed by atoms with E-state index in [9.17, 15) is 9.59 Å². The normalized spacial score (nSPS) is 9.57. The third-order valence-electron chi connectivity index (χ3n) is 2.06. The van der Waals surface area contributed by atoms with Crippen molar-refractivity contribution in [3.8, 4) is 0 Å². The van der Waals surface area contributed by atoms with Gasteiger partial charge in [0.15, 0.2) is 6.29 Å². The molecule has 1 aromatic carbocycles. The van der Waals surface area contributed by atoms with Crippen LogP contribution < -0.4 is 11.1 Å². The molecular formula is C10H12N2O2. The maximum Gasteiger partial charge on any atom is 0.252 e. The molecule has 0 aliphatic carbocycles. The number of hydrogen-bond donors (Lipinski definition) is 2. The van der Waals surface area contributed by atoms with Crippen LogP contribution in [0.1, 0.15) is 26.3 Å². The van der Waals surface area contributed by atoms with Crippen LogP contribution in [0.15, 0.2) is 12.1 Å². The van der Waals surface area contributed by atoms with Crippen molar-refractivity contribution in [1.29, 1.82) is 0 Å². The number of nitrogen functional groups attached to an aromatic ring is 1. The van der Waals surface area contributed by atoms with Gasteiger partial charge >= 0.3 is 0 Å². The Morgan fingerprint density at radius 3 is 2.64 bits per heavy atom. The van der Waals surface area contributed by atoms with E-state index in [2.05, 4.69) is 5.32 Å². The summed E-state index contributed by atoms with van der Waals surface area (Å²) in [7, 11) is 1.51. The molecule has 0 radical (unpaired) electrons. The molecular weight excluding hydrogens is 180 g/mol. The van der Waals surface area contributed by atoms with Crippen LogP contribution in [-0.4, -0.2) is 19.2 Å². The molecule has 0 spiro atoms. The zero-order valence-electron chi connectivity index (χ0n) is 8.13. The largest absolute Gasteiger partial charge is 0.398 e. The summed E-state index contributed by atoms with van der Waals surface area (Å²) in [4.78, 5) is 22.2. The number of benzene rings is 1. The Morgan fingerprint density at radius 2 is 2.14 bits per heavy atom. The van der Waals surface area contributed by atoms with Gasteiger partial charge in [0.1, 0.15) is 0 Å². The SMILES string of the molecule is CNC(=O)c1c(C)ccc(N)c1C=O. The van der Waals surface area contributed by atoms with E-state index in [0.717, 1.165) is 5.56 Å². The number of carbonyl (C=O) groups excluding carboxylic acids is 2. The third kappa shape index (κ3) is 1.59. The lowest BCUT2D eigenvalue weighted by Gasteiger charge is -2.09. The molecule has 0 atom stereocenters. The van der Waals surface area contributed by atoms with Gasteiger partial charge in [0.25, 0.3) is 5.91 Å². The van der Waals surface area contributed by atoms with Crippen molar-refractivity contribution in [2.45, 2.75) is 6.92 Å². The Balaban J connectivity index is 3.44. The first-order chi connectivity index (χ1) is 6.61. The second-order valence-electron chi connectivity index (χ2n) is 2.96. The number of aryl methyl sites for hydroxylation is 1. The second kappa shape index (κ2) is 3.91. The van der Waals surface area contributed by atoms with Crippen LogP contribution in [0.5, 0.6) is 0 Å². The molecule has 1 aromatic rings. The number of carbonyl (C=O) groups is 2. The fourth-order valence-corrected chi connectivity index (χ4v) is 1.30. The Hall–Kier alpha value is -1.84. The van der Waals surface area contributed by atoms with Gasteiger partial charge in [-0.25, -0.2) is 0 Å². The van der Waals surface area contributed by atoms with Gasteiger partial charge in [0, 0.05) is 12.7 Å². The zero-order valence-corrected chi connectivity index (χ0v) is 8.13. The fraction of sp³-hybridized carbons (Fsp3) is 0.200. The van der Waals surface area contributed by atoms with Gasteiger partial charge in [-0.3, -0.25) is 9.59 Å². The minimum absolute atomic E-state index is 0.254. The molecule has 0 saturated heterocycles. The van der Waals surface area contributed by atoms with E-state index in [4.69, 9.17) is 5.73 Å². The van der Waals surface area contributed by atoms with E-state index >= 15 is 0 Å². The number of nitrogens with two attached hydrogens (primary N) is 1. The molecule has 0 saturated carbocycles. The van der Waals surface area contributed by atoms with E-state index in [1.807, 2.05) is 0 Å². The number of amides is 1. The standard InChI is InChI=1S/C10H12N2O2/c1-6-3-4-8(11)7(5-13)9(6)10(14)12-2/h3-5H,11H2,1-2H3,(H,12,14). The maximum atomic E-state index is 11.4. The molecule has 0 heterocycles. The van der Waals surface area contributed by atoms with E-state index in [1.54, 1.807) is 19.1 Å². The molecule has 0 fully saturated rings. The second-order valence-corrected chi connectivity index (χ2v) is 2.96. The lowest BCUT2D eigenvalue weighted by atomic mass is 10.0. The van der Waals surface area contributed by atoms with Crippen molar-refractivity contribution in [2.24, 2.45) is 0 Å². The number of anilines is 1. The van der Waals surface area contributed by atoms with E-state index < -0.39 is 0 Å². The summed E-state index contributed by atoms with van der Waals surface area (Å²) >= 11 is 0. The summed E-state index contributed by atoms with van der Waals surface area (Å²) in [6.07, 6.45) is 0.604. The van der Waals surface area contributed by atoms with E-state index in [-0.39, 0.29) is 11.5 Å². The predicted molar refractivity (Wildman–Crippen MR) is 54.4 cm³/mol. The highest BCUT2D eigenvalue weighted by molar-refractivity contribution is 6.05. The summed E-state index contributed by atoms with van der Waals surface area (Å²) in [5, 5.41) is 2.47. The number of aldehydes is 1. The molecule has 0 aromatic heterocycles. The average molecular weight is 192 g/mol. The Bertz CT molecular complexity index is 386. The summed E-state index contributed by atoms with van der Waals surface area (Å²) in [5.74, 6) is -0.295. The van der Waals surface area contributed by atoms with Gasteiger partial charge < -0.3 is 11.1 Å². The number of rotatable bonds is 2. The fourth-order valence-electron chi connectivity index (χ4n) is 1.30. The van der Waals surface area contributed by atoms with Crippen LogP contribution in [0, 0.1) is 6.92 Å². The summed E-state index contributed by atoms with van der Waals surface area (Å²) in [6, 6.07) is 3.33. The molecule has 0 aliphatic heterocycles. The summed E-state index contributed by atoms with van der Waals surface area (Å²) in [5.41, 5.74) is 7.25. The smallest absolute Gasteiger partial charge is 0.252 e. The van der Waals surface area contributed by atoms with Crippen molar-refractivity contribution in [3.05, 3.63) is 28.8 Å². The minimum atomic E-state index is -0.295. The van der Waals surface area contributed by atoms with Crippen LogP contribution in [0.25, 0.3) is 0 Å². The lowest BCUT2D eigenvalue weighted by molar-refractivity contribution is 0.0957. The molecule has 0 bridgehead atoms.